The maximum atomic E-state index is 13.3. The van der Waals surface area contributed by atoms with Crippen molar-refractivity contribution in [2.75, 3.05) is 0 Å². The van der Waals surface area contributed by atoms with Crippen molar-refractivity contribution in [1.29, 1.82) is 0 Å². The zero-order valence-electron chi connectivity index (χ0n) is 16.5. The Labute approximate surface area is 187 Å². The maximum absolute atomic E-state index is 13.3. The van der Waals surface area contributed by atoms with Gasteiger partial charge in [-0.05, 0) is 60.0 Å². The number of halogens is 2. The van der Waals surface area contributed by atoms with Crippen LogP contribution in [0, 0.1) is 12.7 Å². The molecule has 2 aromatic carbocycles. The summed E-state index contributed by atoms with van der Waals surface area (Å²) >= 11 is 3.42. The first kappa shape index (κ1) is 20.9. The number of likely N-dealkylation sites (tertiary alicyclic amines) is 1. The van der Waals surface area contributed by atoms with Crippen LogP contribution in [0.2, 0.25) is 0 Å². The Hall–Kier alpha value is -3.32. The van der Waals surface area contributed by atoms with Crippen LogP contribution in [0.3, 0.4) is 0 Å². The number of amides is 1. The number of Topliss-reactive ketones (excluding diaryl/α,β-unsaturated/α-hetero) is 1. The number of nitrogens with zero attached hydrogens (tertiary/aromatic N) is 2. The molecule has 0 bridgehead atoms. The summed E-state index contributed by atoms with van der Waals surface area (Å²) in [5.74, 6) is -2.11. The summed E-state index contributed by atoms with van der Waals surface area (Å²) in [5.41, 5.74) is 2.65. The Bertz CT molecular complexity index is 1190. The lowest BCUT2D eigenvalue weighted by Gasteiger charge is -2.25. The van der Waals surface area contributed by atoms with Gasteiger partial charge in [0.15, 0.2) is 0 Å². The fourth-order valence-electron chi connectivity index (χ4n) is 3.67. The van der Waals surface area contributed by atoms with Crippen molar-refractivity contribution < 1.29 is 19.1 Å². The van der Waals surface area contributed by atoms with E-state index in [4.69, 9.17) is 0 Å². The number of aliphatic hydroxyl groups excluding tert-OH is 1. The third kappa shape index (κ3) is 4.01. The molecule has 1 N–H and O–H groups in total. The van der Waals surface area contributed by atoms with Gasteiger partial charge in [0.25, 0.3) is 11.7 Å². The number of hydrogen-bond acceptors (Lipinski definition) is 4. The van der Waals surface area contributed by atoms with Crippen molar-refractivity contribution in [3.8, 4) is 0 Å². The van der Waals surface area contributed by atoms with E-state index in [-0.39, 0.29) is 23.7 Å². The molecule has 1 aliphatic rings. The first-order valence-electron chi connectivity index (χ1n) is 9.56. The van der Waals surface area contributed by atoms with Gasteiger partial charge in [0.1, 0.15) is 11.6 Å². The SMILES string of the molecule is Cc1cc(/C(O)=C2/C(=O)C(=O)N(Cc3ccc(F)cc3)C2c2ccncc2)ccc1Br. The van der Waals surface area contributed by atoms with Crippen LogP contribution < -0.4 is 0 Å². The summed E-state index contributed by atoms with van der Waals surface area (Å²) in [6.07, 6.45) is 3.13. The number of ketones is 1. The summed E-state index contributed by atoms with van der Waals surface area (Å²) < 4.78 is 14.2. The summed E-state index contributed by atoms with van der Waals surface area (Å²) in [5, 5.41) is 11.1. The molecule has 0 radical (unpaired) electrons. The second-order valence-electron chi connectivity index (χ2n) is 7.30. The fourth-order valence-corrected chi connectivity index (χ4v) is 3.92. The first-order chi connectivity index (χ1) is 14.9. The Morgan fingerprint density at radius 3 is 2.42 bits per heavy atom. The van der Waals surface area contributed by atoms with Crippen LogP contribution in [0.25, 0.3) is 5.76 Å². The summed E-state index contributed by atoms with van der Waals surface area (Å²) in [7, 11) is 0. The van der Waals surface area contributed by atoms with Crippen molar-refractivity contribution in [1.82, 2.24) is 9.88 Å². The van der Waals surface area contributed by atoms with Gasteiger partial charge in [-0.2, -0.15) is 0 Å². The minimum absolute atomic E-state index is 0.0139. The van der Waals surface area contributed by atoms with Crippen LogP contribution >= 0.6 is 15.9 Å². The molecule has 5 nitrogen and oxygen atoms in total. The average molecular weight is 481 g/mol. The number of aliphatic hydroxyl groups is 1. The normalized spacial score (nSPS) is 17.9. The lowest BCUT2D eigenvalue weighted by molar-refractivity contribution is -0.140. The van der Waals surface area contributed by atoms with Crippen molar-refractivity contribution in [2.24, 2.45) is 0 Å². The van der Waals surface area contributed by atoms with Gasteiger partial charge in [-0.3, -0.25) is 14.6 Å². The average Bonchev–Trinajstić information content (AvgIpc) is 3.02. The lowest BCUT2D eigenvalue weighted by atomic mass is 9.95. The van der Waals surface area contributed by atoms with Gasteiger partial charge >= 0.3 is 0 Å². The third-order valence-corrected chi connectivity index (χ3v) is 6.15. The molecule has 1 amide bonds. The fraction of sp³-hybridized carbons (Fsp3) is 0.125. The van der Waals surface area contributed by atoms with E-state index < -0.39 is 17.7 Å². The van der Waals surface area contributed by atoms with Gasteiger partial charge in [-0.15, -0.1) is 0 Å². The Balaban J connectivity index is 1.85. The number of rotatable bonds is 4. The molecule has 31 heavy (non-hydrogen) atoms. The van der Waals surface area contributed by atoms with E-state index >= 15 is 0 Å². The molecule has 2 heterocycles. The summed E-state index contributed by atoms with van der Waals surface area (Å²) in [6.45, 7) is 1.96. The van der Waals surface area contributed by atoms with Crippen molar-refractivity contribution in [2.45, 2.75) is 19.5 Å². The monoisotopic (exact) mass is 480 g/mol. The summed E-state index contributed by atoms with van der Waals surface area (Å²) in [6, 6.07) is 13.6. The highest BCUT2D eigenvalue weighted by Gasteiger charge is 2.46. The van der Waals surface area contributed by atoms with Crippen LogP contribution in [0.1, 0.15) is 28.3 Å². The molecule has 0 spiro atoms. The van der Waals surface area contributed by atoms with Crippen LogP contribution in [-0.2, 0) is 16.1 Å². The molecular formula is C24H18BrFN2O3. The lowest BCUT2D eigenvalue weighted by Crippen LogP contribution is -2.29. The third-order valence-electron chi connectivity index (χ3n) is 5.26. The zero-order valence-corrected chi connectivity index (χ0v) is 18.1. The van der Waals surface area contributed by atoms with E-state index in [2.05, 4.69) is 20.9 Å². The molecule has 1 aromatic heterocycles. The number of hydrogen-bond donors (Lipinski definition) is 1. The highest BCUT2D eigenvalue weighted by Crippen LogP contribution is 2.40. The minimum atomic E-state index is -0.794. The number of pyridine rings is 1. The number of carbonyl (C=O) groups is 2. The number of benzene rings is 2. The molecule has 0 aliphatic carbocycles. The van der Waals surface area contributed by atoms with Crippen LogP contribution in [-0.4, -0.2) is 26.7 Å². The molecule has 7 heteroatoms. The number of carbonyl (C=O) groups excluding carboxylic acids is 2. The van der Waals surface area contributed by atoms with Crippen LogP contribution in [0.4, 0.5) is 4.39 Å². The Morgan fingerprint density at radius 1 is 1.10 bits per heavy atom. The Morgan fingerprint density at radius 2 is 1.77 bits per heavy atom. The molecule has 0 saturated carbocycles. The second kappa shape index (κ2) is 8.43. The molecule has 4 rings (SSSR count). The van der Waals surface area contributed by atoms with Crippen molar-refractivity contribution in [3.05, 3.63) is 105 Å². The van der Waals surface area contributed by atoms with Crippen molar-refractivity contribution >= 4 is 33.4 Å². The topological polar surface area (TPSA) is 70.5 Å². The largest absolute Gasteiger partial charge is 0.507 e. The van der Waals surface area contributed by atoms with E-state index in [9.17, 15) is 19.1 Å². The molecule has 1 saturated heterocycles. The van der Waals surface area contributed by atoms with Gasteiger partial charge < -0.3 is 10.0 Å². The molecule has 156 valence electrons. The van der Waals surface area contributed by atoms with Gasteiger partial charge in [0.05, 0.1) is 11.6 Å². The van der Waals surface area contributed by atoms with E-state index in [1.54, 1.807) is 54.9 Å². The quantitative estimate of drug-likeness (QED) is 0.327. The van der Waals surface area contributed by atoms with E-state index in [1.165, 1.54) is 17.0 Å². The van der Waals surface area contributed by atoms with Crippen LogP contribution in [0.5, 0.6) is 0 Å². The van der Waals surface area contributed by atoms with Crippen molar-refractivity contribution in [3.63, 3.8) is 0 Å². The van der Waals surface area contributed by atoms with Gasteiger partial charge in [0, 0.05) is 29.0 Å². The smallest absolute Gasteiger partial charge is 0.295 e. The van der Waals surface area contributed by atoms with Gasteiger partial charge in [-0.1, -0.05) is 34.1 Å². The zero-order chi connectivity index (χ0) is 22.1. The molecule has 1 atom stereocenters. The Kier molecular flexibility index (Phi) is 5.69. The van der Waals surface area contributed by atoms with Gasteiger partial charge in [0.2, 0.25) is 0 Å². The number of aryl methyl sites for hydroxylation is 1. The molecular weight excluding hydrogens is 463 g/mol. The molecule has 1 fully saturated rings. The van der Waals surface area contributed by atoms with Crippen LogP contribution in [0.15, 0.2) is 77.0 Å². The maximum Gasteiger partial charge on any atom is 0.295 e. The highest BCUT2D eigenvalue weighted by molar-refractivity contribution is 9.10. The highest BCUT2D eigenvalue weighted by atomic mass is 79.9. The number of aromatic nitrogens is 1. The summed E-state index contributed by atoms with van der Waals surface area (Å²) in [4.78, 5) is 31.4. The molecule has 1 unspecified atom stereocenters. The predicted octanol–water partition coefficient (Wildman–Crippen LogP) is 4.91. The van der Waals surface area contributed by atoms with E-state index in [0.717, 1.165) is 10.0 Å². The standard InChI is InChI=1S/C24H18BrFN2O3/c1-14-12-17(4-7-19(14)25)22(29)20-21(16-8-10-27-11-9-16)28(24(31)23(20)30)13-15-2-5-18(26)6-3-15/h2-12,21,29H,13H2,1H3/b22-20-. The van der Waals surface area contributed by atoms with E-state index in [1.807, 2.05) is 6.92 Å². The predicted molar refractivity (Wildman–Crippen MR) is 117 cm³/mol. The van der Waals surface area contributed by atoms with E-state index in [0.29, 0.717) is 16.7 Å². The first-order valence-corrected chi connectivity index (χ1v) is 10.4. The molecule has 1 aliphatic heterocycles. The second-order valence-corrected chi connectivity index (χ2v) is 8.15. The van der Waals surface area contributed by atoms with Gasteiger partial charge in [-0.25, -0.2) is 4.39 Å². The minimum Gasteiger partial charge on any atom is -0.507 e. The molecule has 3 aromatic rings.